The molecule has 0 saturated carbocycles. The minimum absolute atomic E-state index is 0.0754. The standard InChI is InChI=1S/C25H18FNO3/c1-15-6-10-17(11-7-15)22-21-23(28)19-4-2-3-5-20(19)30-24(21)25(29)27(22)14-16-8-12-18(26)13-9-16/h2-13,22H,14H2,1H3. The fourth-order valence-electron chi connectivity index (χ4n) is 4.01. The maximum absolute atomic E-state index is 13.4. The second kappa shape index (κ2) is 6.95. The molecule has 1 atom stereocenters. The predicted octanol–water partition coefficient (Wildman–Crippen LogP) is 4.99. The van der Waals surface area contributed by atoms with E-state index >= 15 is 0 Å². The molecule has 30 heavy (non-hydrogen) atoms. The molecule has 2 heterocycles. The van der Waals surface area contributed by atoms with Crippen LogP contribution in [0.5, 0.6) is 0 Å². The van der Waals surface area contributed by atoms with Crippen LogP contribution in [-0.2, 0) is 6.54 Å². The van der Waals surface area contributed by atoms with E-state index in [0.29, 0.717) is 16.5 Å². The number of halogens is 1. The van der Waals surface area contributed by atoms with Crippen molar-refractivity contribution < 1.29 is 13.6 Å². The van der Waals surface area contributed by atoms with Crippen LogP contribution in [0.4, 0.5) is 4.39 Å². The van der Waals surface area contributed by atoms with Crippen LogP contribution < -0.4 is 5.43 Å². The molecule has 0 saturated heterocycles. The first-order valence-corrected chi connectivity index (χ1v) is 9.70. The Balaban J connectivity index is 1.71. The Labute approximate surface area is 172 Å². The smallest absolute Gasteiger partial charge is 0.291 e. The van der Waals surface area contributed by atoms with Crippen LogP contribution in [0.15, 0.2) is 82.0 Å². The number of para-hydroxylation sites is 1. The zero-order valence-electron chi connectivity index (χ0n) is 16.3. The molecule has 0 N–H and O–H groups in total. The summed E-state index contributed by atoms with van der Waals surface area (Å²) in [5.41, 5.74) is 3.22. The molecule has 0 spiro atoms. The lowest BCUT2D eigenvalue weighted by Crippen LogP contribution is -2.29. The van der Waals surface area contributed by atoms with Gasteiger partial charge in [0.25, 0.3) is 5.91 Å². The highest BCUT2D eigenvalue weighted by atomic mass is 19.1. The van der Waals surface area contributed by atoms with Gasteiger partial charge < -0.3 is 9.32 Å². The van der Waals surface area contributed by atoms with Gasteiger partial charge in [-0.15, -0.1) is 0 Å². The normalized spacial score (nSPS) is 15.6. The van der Waals surface area contributed by atoms with Crippen molar-refractivity contribution in [1.82, 2.24) is 4.90 Å². The minimum Gasteiger partial charge on any atom is -0.450 e. The van der Waals surface area contributed by atoms with Crippen LogP contribution in [0.25, 0.3) is 11.0 Å². The average molecular weight is 399 g/mol. The molecule has 0 fully saturated rings. The van der Waals surface area contributed by atoms with Crippen LogP contribution in [0.1, 0.15) is 38.9 Å². The summed E-state index contributed by atoms with van der Waals surface area (Å²) in [5, 5.41) is 0.449. The topological polar surface area (TPSA) is 50.5 Å². The highest BCUT2D eigenvalue weighted by Crippen LogP contribution is 2.39. The number of rotatable bonds is 3. The summed E-state index contributed by atoms with van der Waals surface area (Å²) in [6.45, 7) is 2.22. The zero-order chi connectivity index (χ0) is 20.8. The fraction of sp³-hybridized carbons (Fsp3) is 0.120. The second-order valence-electron chi connectivity index (χ2n) is 7.54. The van der Waals surface area contributed by atoms with E-state index in [9.17, 15) is 14.0 Å². The molecule has 1 aliphatic rings. The van der Waals surface area contributed by atoms with Gasteiger partial charge in [-0.1, -0.05) is 54.1 Å². The first-order valence-electron chi connectivity index (χ1n) is 9.70. The second-order valence-corrected chi connectivity index (χ2v) is 7.54. The highest BCUT2D eigenvalue weighted by molar-refractivity contribution is 5.99. The largest absolute Gasteiger partial charge is 0.450 e. The van der Waals surface area contributed by atoms with Crippen LogP contribution in [0.3, 0.4) is 0 Å². The monoisotopic (exact) mass is 399 g/mol. The van der Waals surface area contributed by atoms with Crippen molar-refractivity contribution in [2.45, 2.75) is 19.5 Å². The zero-order valence-corrected chi connectivity index (χ0v) is 16.3. The van der Waals surface area contributed by atoms with Gasteiger partial charge in [0.1, 0.15) is 11.4 Å². The summed E-state index contributed by atoms with van der Waals surface area (Å²) in [6, 6.07) is 20.1. The van der Waals surface area contributed by atoms with Gasteiger partial charge >= 0.3 is 0 Å². The fourth-order valence-corrected chi connectivity index (χ4v) is 4.01. The molecule has 148 valence electrons. The Morgan fingerprint density at radius 1 is 0.933 bits per heavy atom. The van der Waals surface area contributed by atoms with Crippen molar-refractivity contribution in [3.63, 3.8) is 0 Å². The lowest BCUT2D eigenvalue weighted by molar-refractivity contribution is 0.0714. The Morgan fingerprint density at radius 3 is 2.37 bits per heavy atom. The molecule has 1 unspecified atom stereocenters. The van der Waals surface area contributed by atoms with Crippen LogP contribution in [-0.4, -0.2) is 10.8 Å². The lowest BCUT2D eigenvalue weighted by Gasteiger charge is -2.25. The number of fused-ring (bicyclic) bond motifs is 2. The molecule has 3 aromatic carbocycles. The van der Waals surface area contributed by atoms with Crippen molar-refractivity contribution in [2.75, 3.05) is 0 Å². The van der Waals surface area contributed by atoms with Crippen molar-refractivity contribution in [3.8, 4) is 0 Å². The van der Waals surface area contributed by atoms with Gasteiger partial charge in [0.05, 0.1) is 17.0 Å². The summed E-state index contributed by atoms with van der Waals surface area (Å²) in [6.07, 6.45) is 0. The molecule has 1 aliphatic heterocycles. The van der Waals surface area contributed by atoms with Crippen LogP contribution in [0, 0.1) is 12.7 Å². The van der Waals surface area contributed by atoms with Gasteiger partial charge in [-0.2, -0.15) is 0 Å². The Morgan fingerprint density at radius 2 is 1.63 bits per heavy atom. The molecule has 0 aliphatic carbocycles. The Bertz CT molecular complexity index is 1320. The molecule has 4 nitrogen and oxygen atoms in total. The molecular weight excluding hydrogens is 381 g/mol. The highest BCUT2D eigenvalue weighted by Gasteiger charge is 2.42. The first kappa shape index (κ1) is 18.3. The molecule has 1 amide bonds. The maximum Gasteiger partial charge on any atom is 0.291 e. The van der Waals surface area contributed by atoms with Crippen LogP contribution in [0.2, 0.25) is 0 Å². The maximum atomic E-state index is 13.4. The SMILES string of the molecule is Cc1ccc(C2c3c(oc4ccccc4c3=O)C(=O)N2Cc2ccc(F)cc2)cc1. The van der Waals surface area contributed by atoms with Gasteiger partial charge in [-0.05, 0) is 42.3 Å². The number of aryl methyl sites for hydroxylation is 1. The molecule has 4 aromatic rings. The number of carbonyl (C=O) groups is 1. The predicted molar refractivity (Wildman–Crippen MR) is 112 cm³/mol. The quantitative estimate of drug-likeness (QED) is 0.488. The molecular formula is C25H18FNO3. The van der Waals surface area contributed by atoms with Gasteiger partial charge in [0, 0.05) is 6.54 Å². The minimum atomic E-state index is -0.570. The number of hydrogen-bond acceptors (Lipinski definition) is 3. The Kier molecular flexibility index (Phi) is 4.24. The van der Waals surface area contributed by atoms with Gasteiger partial charge in [-0.25, -0.2) is 4.39 Å². The molecule has 1 aromatic heterocycles. The van der Waals surface area contributed by atoms with Gasteiger partial charge in [-0.3, -0.25) is 9.59 Å². The number of hydrogen-bond donors (Lipinski definition) is 0. The average Bonchev–Trinajstić information content (AvgIpc) is 3.03. The first-order chi connectivity index (χ1) is 14.5. The van der Waals surface area contributed by atoms with E-state index < -0.39 is 6.04 Å². The van der Waals surface area contributed by atoms with Crippen molar-refractivity contribution in [1.29, 1.82) is 0 Å². The molecule has 5 rings (SSSR count). The summed E-state index contributed by atoms with van der Waals surface area (Å²) in [4.78, 5) is 28.3. The third-order valence-electron chi connectivity index (χ3n) is 5.53. The summed E-state index contributed by atoms with van der Waals surface area (Å²) in [7, 11) is 0. The number of nitrogens with zero attached hydrogens (tertiary/aromatic N) is 1. The van der Waals surface area contributed by atoms with E-state index in [4.69, 9.17) is 4.42 Å². The third kappa shape index (κ3) is 2.90. The molecule has 5 heteroatoms. The van der Waals surface area contributed by atoms with E-state index in [0.717, 1.165) is 16.7 Å². The number of amides is 1. The third-order valence-corrected chi connectivity index (χ3v) is 5.53. The van der Waals surface area contributed by atoms with E-state index in [1.54, 1.807) is 41.3 Å². The van der Waals surface area contributed by atoms with Crippen molar-refractivity contribution in [2.24, 2.45) is 0 Å². The van der Waals surface area contributed by atoms with E-state index in [1.165, 1.54) is 12.1 Å². The summed E-state index contributed by atoms with van der Waals surface area (Å²) < 4.78 is 19.3. The van der Waals surface area contributed by atoms with Gasteiger partial charge in [0.15, 0.2) is 5.43 Å². The van der Waals surface area contributed by atoms with E-state index in [1.807, 2.05) is 31.2 Å². The molecule has 0 bridgehead atoms. The number of benzene rings is 3. The lowest BCUT2D eigenvalue weighted by atomic mass is 9.97. The Hall–Kier alpha value is -3.73. The summed E-state index contributed by atoms with van der Waals surface area (Å²) in [5.74, 6) is -0.609. The number of carbonyl (C=O) groups excluding carboxylic acids is 1. The van der Waals surface area contributed by atoms with E-state index in [-0.39, 0.29) is 29.5 Å². The molecule has 0 radical (unpaired) electrons. The van der Waals surface area contributed by atoms with E-state index in [2.05, 4.69) is 0 Å². The van der Waals surface area contributed by atoms with Crippen molar-refractivity contribution >= 4 is 16.9 Å². The van der Waals surface area contributed by atoms with Crippen molar-refractivity contribution in [3.05, 3.63) is 117 Å². The van der Waals surface area contributed by atoms with Crippen LogP contribution >= 0.6 is 0 Å². The van der Waals surface area contributed by atoms with Gasteiger partial charge in [0.2, 0.25) is 5.76 Å². The summed E-state index contributed by atoms with van der Waals surface area (Å²) >= 11 is 0.